The fraction of sp³-hybridized carbons (Fsp3) is 0.583. The molecule has 4 nitrogen and oxygen atoms in total. The van der Waals surface area contributed by atoms with E-state index in [4.69, 9.17) is 10.5 Å². The average molecular weight is 221 g/mol. The SMILES string of the molecule is Cc1cnc(NCC2CCOCC2)cc1N. The average Bonchev–Trinajstić information content (AvgIpc) is 2.32. The monoisotopic (exact) mass is 221 g/mol. The van der Waals surface area contributed by atoms with Crippen LogP contribution in [0.15, 0.2) is 12.3 Å². The van der Waals surface area contributed by atoms with Crippen LogP contribution in [-0.2, 0) is 4.74 Å². The molecule has 2 rings (SSSR count). The molecule has 0 aliphatic carbocycles. The van der Waals surface area contributed by atoms with Crippen molar-refractivity contribution >= 4 is 11.5 Å². The van der Waals surface area contributed by atoms with Crippen LogP contribution >= 0.6 is 0 Å². The van der Waals surface area contributed by atoms with Crippen molar-refractivity contribution in [2.24, 2.45) is 5.92 Å². The lowest BCUT2D eigenvalue weighted by atomic mass is 10.0. The number of aryl methyl sites for hydroxylation is 1. The molecule has 0 spiro atoms. The molecule has 1 saturated heterocycles. The Balaban J connectivity index is 1.86. The third-order valence-corrected chi connectivity index (χ3v) is 3.06. The third-order valence-electron chi connectivity index (χ3n) is 3.06. The molecule has 1 aromatic heterocycles. The zero-order chi connectivity index (χ0) is 11.4. The molecule has 1 aliphatic rings. The lowest BCUT2D eigenvalue weighted by molar-refractivity contribution is 0.0699. The Morgan fingerprint density at radius 2 is 2.25 bits per heavy atom. The number of hydrogen-bond acceptors (Lipinski definition) is 4. The quantitative estimate of drug-likeness (QED) is 0.817. The molecule has 4 heteroatoms. The molecule has 1 fully saturated rings. The molecule has 0 atom stereocenters. The van der Waals surface area contributed by atoms with Gasteiger partial charge < -0.3 is 15.8 Å². The van der Waals surface area contributed by atoms with Gasteiger partial charge in [-0.3, -0.25) is 0 Å². The summed E-state index contributed by atoms with van der Waals surface area (Å²) in [6.07, 6.45) is 4.07. The topological polar surface area (TPSA) is 60.2 Å². The van der Waals surface area contributed by atoms with E-state index in [-0.39, 0.29) is 0 Å². The van der Waals surface area contributed by atoms with Gasteiger partial charge in [-0.25, -0.2) is 4.98 Å². The zero-order valence-corrected chi connectivity index (χ0v) is 9.70. The molecule has 0 bridgehead atoms. The van der Waals surface area contributed by atoms with Crippen LogP contribution in [0.5, 0.6) is 0 Å². The van der Waals surface area contributed by atoms with Gasteiger partial charge in [0.1, 0.15) is 5.82 Å². The fourth-order valence-electron chi connectivity index (χ4n) is 1.84. The van der Waals surface area contributed by atoms with Crippen molar-refractivity contribution in [2.45, 2.75) is 19.8 Å². The molecule has 88 valence electrons. The normalized spacial score (nSPS) is 17.3. The highest BCUT2D eigenvalue weighted by molar-refractivity contribution is 5.53. The Bertz CT molecular complexity index is 348. The maximum absolute atomic E-state index is 5.83. The van der Waals surface area contributed by atoms with Gasteiger partial charge in [-0.05, 0) is 31.2 Å². The summed E-state index contributed by atoms with van der Waals surface area (Å²) in [5.74, 6) is 1.56. The number of nitrogen functional groups attached to an aromatic ring is 1. The van der Waals surface area contributed by atoms with Gasteiger partial charge in [0.25, 0.3) is 0 Å². The first-order valence-electron chi connectivity index (χ1n) is 5.79. The zero-order valence-electron chi connectivity index (χ0n) is 9.70. The first-order chi connectivity index (χ1) is 7.75. The number of ether oxygens (including phenoxy) is 1. The van der Waals surface area contributed by atoms with Crippen LogP contribution in [0.1, 0.15) is 18.4 Å². The molecular weight excluding hydrogens is 202 g/mol. The van der Waals surface area contributed by atoms with Crippen LogP contribution in [0.4, 0.5) is 11.5 Å². The van der Waals surface area contributed by atoms with Crippen molar-refractivity contribution < 1.29 is 4.74 Å². The molecule has 16 heavy (non-hydrogen) atoms. The standard InChI is InChI=1S/C12H19N3O/c1-9-7-14-12(6-11(9)13)15-8-10-2-4-16-5-3-10/h6-7,10H,2-5,8H2,1H3,(H3,13,14,15). The molecule has 0 unspecified atom stereocenters. The van der Waals surface area contributed by atoms with Gasteiger partial charge in [0.15, 0.2) is 0 Å². The summed E-state index contributed by atoms with van der Waals surface area (Å²) in [7, 11) is 0. The van der Waals surface area contributed by atoms with Gasteiger partial charge >= 0.3 is 0 Å². The van der Waals surface area contributed by atoms with Gasteiger partial charge in [0, 0.05) is 37.7 Å². The van der Waals surface area contributed by atoms with Gasteiger partial charge in [-0.15, -0.1) is 0 Å². The number of nitrogens with zero attached hydrogens (tertiary/aromatic N) is 1. The Morgan fingerprint density at radius 3 is 2.94 bits per heavy atom. The predicted octanol–water partition coefficient (Wildman–Crippen LogP) is 1.81. The van der Waals surface area contributed by atoms with E-state index in [0.717, 1.165) is 49.7 Å². The van der Waals surface area contributed by atoms with Gasteiger partial charge in [-0.2, -0.15) is 0 Å². The molecule has 1 aromatic rings. The summed E-state index contributed by atoms with van der Waals surface area (Å²) in [5, 5.41) is 3.34. The van der Waals surface area contributed by atoms with E-state index in [1.54, 1.807) is 0 Å². The maximum atomic E-state index is 5.83. The summed E-state index contributed by atoms with van der Waals surface area (Å²) < 4.78 is 5.32. The van der Waals surface area contributed by atoms with Crippen molar-refractivity contribution in [2.75, 3.05) is 30.8 Å². The third kappa shape index (κ3) is 2.85. The van der Waals surface area contributed by atoms with Gasteiger partial charge in [0.05, 0.1) is 0 Å². The van der Waals surface area contributed by atoms with Crippen LogP contribution in [-0.4, -0.2) is 24.7 Å². The molecule has 0 amide bonds. The first-order valence-corrected chi connectivity index (χ1v) is 5.79. The van der Waals surface area contributed by atoms with Crippen molar-refractivity contribution in [1.82, 2.24) is 4.98 Å². The first kappa shape index (κ1) is 11.2. The smallest absolute Gasteiger partial charge is 0.127 e. The number of anilines is 2. The Labute approximate surface area is 96.2 Å². The number of pyridine rings is 1. The molecular formula is C12H19N3O. The summed E-state index contributed by atoms with van der Waals surface area (Å²) in [6, 6.07) is 1.90. The Morgan fingerprint density at radius 1 is 1.50 bits per heavy atom. The highest BCUT2D eigenvalue weighted by Crippen LogP contribution is 2.17. The number of hydrogen-bond donors (Lipinski definition) is 2. The summed E-state index contributed by atoms with van der Waals surface area (Å²) in [4.78, 5) is 4.30. The maximum Gasteiger partial charge on any atom is 0.127 e. The summed E-state index contributed by atoms with van der Waals surface area (Å²) in [5.41, 5.74) is 7.65. The van der Waals surface area contributed by atoms with E-state index < -0.39 is 0 Å². The van der Waals surface area contributed by atoms with E-state index in [1.807, 2.05) is 19.2 Å². The van der Waals surface area contributed by atoms with E-state index in [0.29, 0.717) is 5.92 Å². The van der Waals surface area contributed by atoms with E-state index in [2.05, 4.69) is 10.3 Å². The minimum atomic E-state index is 0.693. The predicted molar refractivity (Wildman–Crippen MR) is 65.4 cm³/mol. The van der Waals surface area contributed by atoms with Crippen LogP contribution in [0.3, 0.4) is 0 Å². The van der Waals surface area contributed by atoms with E-state index >= 15 is 0 Å². The van der Waals surface area contributed by atoms with Crippen LogP contribution in [0, 0.1) is 12.8 Å². The fourth-order valence-corrected chi connectivity index (χ4v) is 1.84. The second kappa shape index (κ2) is 5.16. The van der Waals surface area contributed by atoms with Crippen LogP contribution < -0.4 is 11.1 Å². The van der Waals surface area contributed by atoms with E-state index in [9.17, 15) is 0 Å². The number of rotatable bonds is 3. The number of aromatic nitrogens is 1. The summed E-state index contributed by atoms with van der Waals surface area (Å²) >= 11 is 0. The number of nitrogens with two attached hydrogens (primary N) is 1. The van der Waals surface area contributed by atoms with Crippen LogP contribution in [0.2, 0.25) is 0 Å². The Hall–Kier alpha value is -1.29. The lowest BCUT2D eigenvalue weighted by Crippen LogP contribution is -2.22. The number of nitrogens with one attached hydrogen (secondary N) is 1. The van der Waals surface area contributed by atoms with Crippen molar-refractivity contribution in [1.29, 1.82) is 0 Å². The molecule has 0 saturated carbocycles. The second-order valence-corrected chi connectivity index (χ2v) is 4.36. The minimum Gasteiger partial charge on any atom is -0.398 e. The second-order valence-electron chi connectivity index (χ2n) is 4.36. The highest BCUT2D eigenvalue weighted by Gasteiger charge is 2.13. The molecule has 2 heterocycles. The summed E-state index contributed by atoms with van der Waals surface area (Å²) in [6.45, 7) is 4.69. The van der Waals surface area contributed by atoms with Crippen LogP contribution in [0.25, 0.3) is 0 Å². The van der Waals surface area contributed by atoms with E-state index in [1.165, 1.54) is 0 Å². The van der Waals surface area contributed by atoms with Gasteiger partial charge in [-0.1, -0.05) is 0 Å². The molecule has 1 aliphatic heterocycles. The van der Waals surface area contributed by atoms with Crippen molar-refractivity contribution in [3.05, 3.63) is 17.8 Å². The minimum absolute atomic E-state index is 0.693. The molecule has 0 aromatic carbocycles. The van der Waals surface area contributed by atoms with Crippen molar-refractivity contribution in [3.63, 3.8) is 0 Å². The largest absolute Gasteiger partial charge is 0.398 e. The highest BCUT2D eigenvalue weighted by atomic mass is 16.5. The Kier molecular flexibility index (Phi) is 3.62. The molecule has 3 N–H and O–H groups in total. The van der Waals surface area contributed by atoms with Crippen molar-refractivity contribution in [3.8, 4) is 0 Å². The van der Waals surface area contributed by atoms with Gasteiger partial charge in [0.2, 0.25) is 0 Å². The molecule has 0 radical (unpaired) electrons. The lowest BCUT2D eigenvalue weighted by Gasteiger charge is -2.22.